The highest BCUT2D eigenvalue weighted by molar-refractivity contribution is 7.13. The molecule has 3 heterocycles. The molecular weight excluding hydrogens is 430 g/mol. The maximum absolute atomic E-state index is 10.9. The van der Waals surface area contributed by atoms with Crippen LogP contribution in [-0.4, -0.2) is 21.2 Å². The summed E-state index contributed by atoms with van der Waals surface area (Å²) in [7, 11) is 0. The lowest BCUT2D eigenvalue weighted by molar-refractivity contribution is 0.198. The van der Waals surface area contributed by atoms with Crippen LogP contribution in [0.2, 0.25) is 0 Å². The molecule has 5 rings (SSSR count). The summed E-state index contributed by atoms with van der Waals surface area (Å²) >= 11 is 1.51. The van der Waals surface area contributed by atoms with Gasteiger partial charge in [-0.05, 0) is 48.7 Å². The van der Waals surface area contributed by atoms with E-state index in [0.29, 0.717) is 17.2 Å². The van der Waals surface area contributed by atoms with E-state index in [1.807, 2.05) is 53.2 Å². The minimum Gasteiger partial charge on any atom is -0.368 e. The summed E-state index contributed by atoms with van der Waals surface area (Å²) in [6.45, 7) is 1.54. The van der Waals surface area contributed by atoms with E-state index in [1.54, 1.807) is 0 Å². The summed E-state index contributed by atoms with van der Waals surface area (Å²) < 4.78 is 1.95. The van der Waals surface area contributed by atoms with Crippen LogP contribution < -0.4 is 10.2 Å². The first-order chi connectivity index (χ1) is 16.2. The zero-order chi connectivity index (χ0) is 22.6. The zero-order valence-corrected chi connectivity index (χ0v) is 18.9. The number of aromatic nitrogens is 2. The normalized spacial score (nSPS) is 16.5. The van der Waals surface area contributed by atoms with E-state index in [2.05, 4.69) is 45.9 Å². The molecule has 2 N–H and O–H groups in total. The Morgan fingerprint density at radius 3 is 2.79 bits per heavy atom. The smallest absolute Gasteiger partial charge is 0.185 e. The molecule has 0 radical (unpaired) electrons. The van der Waals surface area contributed by atoms with Crippen molar-refractivity contribution < 1.29 is 5.11 Å². The van der Waals surface area contributed by atoms with Crippen LogP contribution in [0.5, 0.6) is 0 Å². The Balaban J connectivity index is 1.30. The lowest BCUT2D eigenvalue weighted by atomic mass is 10.1. The molecule has 1 saturated heterocycles. The van der Waals surface area contributed by atoms with Crippen LogP contribution in [-0.2, 0) is 6.54 Å². The van der Waals surface area contributed by atoms with Gasteiger partial charge in [-0.1, -0.05) is 36.4 Å². The molecule has 0 saturated carbocycles. The standard InChI is InChI=1S/C26H25N5OS/c27-16-19-8-4-5-9-20(19)17-30-14-6-13-24(30)25(32)29-26-28-22(18-33-26)23-12-7-15-31(23)21-10-2-1-3-11-21/h1-6,8-11,13-14,18,23,25,32H,7,12,15,17H2,(H,28,29)/t23-,25?/m1/s1. The summed E-state index contributed by atoms with van der Waals surface area (Å²) in [5, 5.41) is 26.2. The number of benzene rings is 2. The van der Waals surface area contributed by atoms with E-state index in [-0.39, 0.29) is 6.04 Å². The van der Waals surface area contributed by atoms with Crippen molar-refractivity contribution >= 4 is 22.2 Å². The zero-order valence-electron chi connectivity index (χ0n) is 18.1. The van der Waals surface area contributed by atoms with E-state index < -0.39 is 6.23 Å². The van der Waals surface area contributed by atoms with Crippen LogP contribution in [0.25, 0.3) is 0 Å². The summed E-state index contributed by atoms with van der Waals surface area (Å²) in [6, 6.07) is 24.3. The van der Waals surface area contributed by atoms with Gasteiger partial charge in [-0.2, -0.15) is 5.26 Å². The van der Waals surface area contributed by atoms with Gasteiger partial charge >= 0.3 is 0 Å². The summed E-state index contributed by atoms with van der Waals surface area (Å²) in [5.74, 6) is 0. The van der Waals surface area contributed by atoms with Gasteiger partial charge in [-0.3, -0.25) is 0 Å². The summed E-state index contributed by atoms with van der Waals surface area (Å²) in [4.78, 5) is 7.22. The third-order valence-corrected chi connectivity index (χ3v) is 6.88. The monoisotopic (exact) mass is 455 g/mol. The highest BCUT2D eigenvalue weighted by Gasteiger charge is 2.28. The minimum absolute atomic E-state index is 0.252. The molecule has 2 aromatic heterocycles. The third-order valence-electron chi connectivity index (χ3n) is 6.09. The highest BCUT2D eigenvalue weighted by atomic mass is 32.1. The fourth-order valence-corrected chi connectivity index (χ4v) is 5.25. The van der Waals surface area contributed by atoms with Gasteiger partial charge in [0, 0.05) is 30.4 Å². The van der Waals surface area contributed by atoms with Crippen LogP contribution in [0.3, 0.4) is 0 Å². The third kappa shape index (κ3) is 4.49. The average molecular weight is 456 g/mol. The molecule has 0 spiro atoms. The van der Waals surface area contributed by atoms with E-state index in [1.165, 1.54) is 17.0 Å². The molecule has 2 atom stereocenters. The Hall–Kier alpha value is -3.60. The predicted molar refractivity (Wildman–Crippen MR) is 131 cm³/mol. The molecule has 0 amide bonds. The van der Waals surface area contributed by atoms with Crippen LogP contribution in [0.1, 0.15) is 47.6 Å². The van der Waals surface area contributed by atoms with Gasteiger partial charge in [0.25, 0.3) is 0 Å². The van der Waals surface area contributed by atoms with Gasteiger partial charge in [0.05, 0.1) is 29.1 Å². The molecule has 4 aromatic rings. The Labute approximate surface area is 197 Å². The van der Waals surface area contributed by atoms with Gasteiger partial charge < -0.3 is 19.9 Å². The molecule has 1 aliphatic heterocycles. The quantitative estimate of drug-likeness (QED) is 0.369. The van der Waals surface area contributed by atoms with Crippen molar-refractivity contribution in [1.29, 1.82) is 5.26 Å². The van der Waals surface area contributed by atoms with Crippen molar-refractivity contribution in [2.24, 2.45) is 0 Å². The number of hydrogen-bond acceptors (Lipinski definition) is 6. The topological polar surface area (TPSA) is 77.1 Å². The van der Waals surface area contributed by atoms with Gasteiger partial charge in [-0.25, -0.2) is 4.98 Å². The number of hydrogen-bond donors (Lipinski definition) is 2. The fourth-order valence-electron chi connectivity index (χ4n) is 4.47. The molecule has 1 aliphatic rings. The number of thiazole rings is 1. The SMILES string of the molecule is N#Cc1ccccc1Cn1cccc1C(O)Nc1nc([C@H]2CCCN2c2ccccc2)cs1. The van der Waals surface area contributed by atoms with Crippen molar-refractivity contribution in [2.75, 3.05) is 16.8 Å². The maximum atomic E-state index is 10.9. The summed E-state index contributed by atoms with van der Waals surface area (Å²) in [6.07, 6.45) is 3.22. The second-order valence-corrected chi connectivity index (χ2v) is 9.00. The number of anilines is 2. The first-order valence-electron chi connectivity index (χ1n) is 11.1. The lowest BCUT2D eigenvalue weighted by Gasteiger charge is -2.25. The number of nitriles is 1. The number of aliphatic hydroxyl groups excluding tert-OH is 1. The van der Waals surface area contributed by atoms with Gasteiger partial charge in [-0.15, -0.1) is 11.3 Å². The second kappa shape index (κ2) is 9.49. The van der Waals surface area contributed by atoms with E-state index in [4.69, 9.17) is 4.98 Å². The first-order valence-corrected chi connectivity index (χ1v) is 12.0. The molecule has 7 heteroatoms. The average Bonchev–Trinajstić information content (AvgIpc) is 3.61. The fraction of sp³-hybridized carbons (Fsp3) is 0.231. The van der Waals surface area contributed by atoms with Crippen molar-refractivity contribution in [3.05, 3.63) is 101 Å². The molecule has 0 aliphatic carbocycles. The molecule has 33 heavy (non-hydrogen) atoms. The van der Waals surface area contributed by atoms with E-state index in [9.17, 15) is 10.4 Å². The highest BCUT2D eigenvalue weighted by Crippen LogP contribution is 2.37. The Morgan fingerprint density at radius 2 is 1.94 bits per heavy atom. The Bertz CT molecular complexity index is 1260. The predicted octanol–water partition coefficient (Wildman–Crippen LogP) is 5.31. The van der Waals surface area contributed by atoms with E-state index in [0.717, 1.165) is 36.3 Å². The number of nitrogens with zero attached hydrogens (tertiary/aromatic N) is 4. The van der Waals surface area contributed by atoms with Gasteiger partial charge in [0.15, 0.2) is 11.4 Å². The van der Waals surface area contributed by atoms with Gasteiger partial charge in [0.1, 0.15) is 0 Å². The molecule has 166 valence electrons. The van der Waals surface area contributed by atoms with Crippen molar-refractivity contribution in [3.63, 3.8) is 0 Å². The molecule has 1 fully saturated rings. The number of rotatable bonds is 7. The largest absolute Gasteiger partial charge is 0.368 e. The Kier molecular flexibility index (Phi) is 6.11. The van der Waals surface area contributed by atoms with Crippen LogP contribution in [0, 0.1) is 11.3 Å². The first kappa shape index (κ1) is 21.3. The molecular formula is C26H25N5OS. The van der Waals surface area contributed by atoms with Crippen molar-refractivity contribution in [1.82, 2.24) is 9.55 Å². The molecule has 6 nitrogen and oxygen atoms in total. The lowest BCUT2D eigenvalue weighted by Crippen LogP contribution is -2.22. The van der Waals surface area contributed by atoms with Crippen LogP contribution in [0.4, 0.5) is 10.8 Å². The Morgan fingerprint density at radius 1 is 1.12 bits per heavy atom. The van der Waals surface area contributed by atoms with Crippen LogP contribution in [0.15, 0.2) is 78.3 Å². The van der Waals surface area contributed by atoms with Crippen molar-refractivity contribution in [3.8, 4) is 6.07 Å². The number of nitrogens with one attached hydrogen (secondary N) is 1. The summed E-state index contributed by atoms with van der Waals surface area (Å²) in [5.41, 5.74) is 4.55. The van der Waals surface area contributed by atoms with Crippen LogP contribution >= 0.6 is 11.3 Å². The minimum atomic E-state index is -0.901. The number of para-hydroxylation sites is 1. The molecule has 2 aromatic carbocycles. The maximum Gasteiger partial charge on any atom is 0.185 e. The number of aliphatic hydroxyl groups is 1. The van der Waals surface area contributed by atoms with E-state index >= 15 is 0 Å². The molecule has 0 bridgehead atoms. The van der Waals surface area contributed by atoms with Gasteiger partial charge in [0.2, 0.25) is 0 Å². The second-order valence-electron chi connectivity index (χ2n) is 8.14. The van der Waals surface area contributed by atoms with Crippen molar-refractivity contribution in [2.45, 2.75) is 31.7 Å². The molecule has 1 unspecified atom stereocenters.